The minimum atomic E-state index is -0.331. The van der Waals surface area contributed by atoms with Gasteiger partial charge in [-0.3, -0.25) is 14.5 Å². The molecule has 0 saturated heterocycles. The molecule has 0 aromatic heterocycles. The zero-order chi connectivity index (χ0) is 30.6. The SMILES string of the molecule is CCCCC(N)c1ccc(OC)c(OC)c1.CCCCC(c1ccc(OC)c(OC)c1)N1C(=O)c2ccccc2C1=O. The van der Waals surface area contributed by atoms with Crippen LogP contribution in [0, 0.1) is 0 Å². The van der Waals surface area contributed by atoms with E-state index in [0.29, 0.717) is 29.0 Å². The minimum Gasteiger partial charge on any atom is -0.493 e. The van der Waals surface area contributed by atoms with Gasteiger partial charge in [0.25, 0.3) is 11.8 Å². The fourth-order valence-electron chi connectivity index (χ4n) is 5.07. The number of methoxy groups -OCH3 is 4. The number of unbranched alkanes of at least 4 members (excludes halogenated alkanes) is 2. The third-order valence-electron chi connectivity index (χ3n) is 7.47. The molecule has 1 aliphatic heterocycles. The van der Waals surface area contributed by atoms with Crippen LogP contribution < -0.4 is 24.7 Å². The average Bonchev–Trinajstić information content (AvgIpc) is 3.28. The topological polar surface area (TPSA) is 100 Å². The number of amides is 2. The van der Waals surface area contributed by atoms with Gasteiger partial charge in [0.1, 0.15) is 0 Å². The number of carbonyl (C=O) groups is 2. The molecule has 0 bridgehead atoms. The Kier molecular flexibility index (Phi) is 12.2. The van der Waals surface area contributed by atoms with Gasteiger partial charge in [0.05, 0.1) is 45.6 Å². The van der Waals surface area contributed by atoms with Crippen molar-refractivity contribution in [2.45, 2.75) is 64.5 Å². The second-order valence-electron chi connectivity index (χ2n) is 10.2. The van der Waals surface area contributed by atoms with Crippen LogP contribution in [0.15, 0.2) is 60.7 Å². The van der Waals surface area contributed by atoms with E-state index in [-0.39, 0.29) is 23.9 Å². The molecule has 2 N–H and O–H groups in total. The molecule has 0 radical (unpaired) electrons. The van der Waals surface area contributed by atoms with Crippen LogP contribution in [0.2, 0.25) is 0 Å². The highest BCUT2D eigenvalue weighted by molar-refractivity contribution is 6.21. The Morgan fingerprint density at radius 1 is 0.643 bits per heavy atom. The monoisotopic (exact) mass is 576 g/mol. The lowest BCUT2D eigenvalue weighted by molar-refractivity contribution is 0.0571. The van der Waals surface area contributed by atoms with Gasteiger partial charge in [0, 0.05) is 6.04 Å². The van der Waals surface area contributed by atoms with Gasteiger partial charge in [0.15, 0.2) is 23.0 Å². The number of imide groups is 1. The fraction of sp³-hybridized carbons (Fsp3) is 0.412. The van der Waals surface area contributed by atoms with Crippen molar-refractivity contribution in [2.75, 3.05) is 28.4 Å². The maximum Gasteiger partial charge on any atom is 0.262 e. The molecule has 0 saturated carbocycles. The second-order valence-corrected chi connectivity index (χ2v) is 10.2. The van der Waals surface area contributed by atoms with Gasteiger partial charge in [0.2, 0.25) is 0 Å². The predicted octanol–water partition coefficient (Wildman–Crippen LogP) is 7.13. The summed E-state index contributed by atoms with van der Waals surface area (Å²) in [5.74, 6) is 2.22. The Bertz CT molecular complexity index is 1310. The maximum absolute atomic E-state index is 12.9. The van der Waals surface area contributed by atoms with E-state index >= 15 is 0 Å². The third kappa shape index (κ3) is 7.42. The van der Waals surface area contributed by atoms with Crippen molar-refractivity contribution in [3.63, 3.8) is 0 Å². The van der Waals surface area contributed by atoms with E-state index in [0.717, 1.165) is 48.3 Å². The molecular weight excluding hydrogens is 532 g/mol. The number of nitrogens with zero attached hydrogens (tertiary/aromatic N) is 1. The number of ether oxygens (including phenoxy) is 4. The Labute approximate surface area is 249 Å². The molecule has 4 rings (SSSR count). The average molecular weight is 577 g/mol. The summed E-state index contributed by atoms with van der Waals surface area (Å²) in [6, 6.07) is 18.2. The highest BCUT2D eigenvalue weighted by atomic mass is 16.5. The lowest BCUT2D eigenvalue weighted by Gasteiger charge is -2.27. The molecule has 8 heteroatoms. The van der Waals surface area contributed by atoms with Crippen molar-refractivity contribution in [2.24, 2.45) is 5.73 Å². The van der Waals surface area contributed by atoms with E-state index in [9.17, 15) is 9.59 Å². The summed E-state index contributed by atoms with van der Waals surface area (Å²) in [6.45, 7) is 4.26. The van der Waals surface area contributed by atoms with E-state index in [1.54, 1.807) is 52.7 Å². The molecule has 0 aliphatic carbocycles. The van der Waals surface area contributed by atoms with Gasteiger partial charge in [-0.1, -0.05) is 63.8 Å². The van der Waals surface area contributed by atoms with Crippen LogP contribution in [-0.4, -0.2) is 45.2 Å². The molecular formula is C34H44N2O6. The second kappa shape index (κ2) is 15.8. The van der Waals surface area contributed by atoms with Gasteiger partial charge >= 0.3 is 0 Å². The molecule has 3 aromatic carbocycles. The quantitative estimate of drug-likeness (QED) is 0.216. The number of fused-ring (bicyclic) bond motifs is 1. The molecule has 226 valence electrons. The first-order valence-corrected chi connectivity index (χ1v) is 14.5. The van der Waals surface area contributed by atoms with Crippen LogP contribution in [0.4, 0.5) is 0 Å². The first-order valence-electron chi connectivity index (χ1n) is 14.5. The van der Waals surface area contributed by atoms with Crippen molar-refractivity contribution in [1.82, 2.24) is 4.90 Å². The smallest absolute Gasteiger partial charge is 0.262 e. The zero-order valence-electron chi connectivity index (χ0n) is 25.6. The first kappa shape index (κ1) is 32.5. The van der Waals surface area contributed by atoms with Crippen LogP contribution in [0.1, 0.15) is 96.3 Å². The minimum absolute atomic E-state index is 0.0831. The molecule has 42 heavy (non-hydrogen) atoms. The van der Waals surface area contributed by atoms with Crippen molar-refractivity contribution >= 4 is 11.8 Å². The van der Waals surface area contributed by atoms with Gasteiger partial charge in [-0.15, -0.1) is 0 Å². The van der Waals surface area contributed by atoms with Crippen LogP contribution in [0.25, 0.3) is 0 Å². The standard InChI is InChI=1S/C21H23NO4.C13H21NO2/c1-4-5-10-17(14-11-12-18(25-2)19(13-14)26-3)22-20(23)15-8-6-7-9-16(15)21(22)24;1-4-5-6-11(14)10-7-8-12(15-2)13(9-10)16-3/h6-9,11-13,17H,4-5,10H2,1-3H3;7-9,11H,4-6,14H2,1-3H3. The van der Waals surface area contributed by atoms with E-state index in [1.165, 1.54) is 11.3 Å². The number of hydrogen-bond acceptors (Lipinski definition) is 7. The van der Waals surface area contributed by atoms with Crippen molar-refractivity contribution in [1.29, 1.82) is 0 Å². The van der Waals surface area contributed by atoms with E-state index in [4.69, 9.17) is 24.7 Å². The Balaban J connectivity index is 0.000000260. The number of rotatable bonds is 13. The highest BCUT2D eigenvalue weighted by Gasteiger charge is 2.40. The number of nitrogens with two attached hydrogens (primary N) is 1. The van der Waals surface area contributed by atoms with Crippen LogP contribution in [0.5, 0.6) is 23.0 Å². The van der Waals surface area contributed by atoms with Crippen LogP contribution >= 0.6 is 0 Å². The van der Waals surface area contributed by atoms with Crippen LogP contribution in [0.3, 0.4) is 0 Å². The Hall–Kier alpha value is -4.04. The molecule has 0 fully saturated rings. The number of benzene rings is 3. The molecule has 0 spiro atoms. The third-order valence-corrected chi connectivity index (χ3v) is 7.47. The van der Waals surface area contributed by atoms with Gasteiger partial charge < -0.3 is 24.7 Å². The van der Waals surface area contributed by atoms with Gasteiger partial charge in [-0.2, -0.15) is 0 Å². The fourth-order valence-corrected chi connectivity index (χ4v) is 5.07. The Morgan fingerprint density at radius 2 is 1.10 bits per heavy atom. The number of carbonyl (C=O) groups excluding carboxylic acids is 2. The maximum atomic E-state index is 12.9. The number of hydrogen-bond donors (Lipinski definition) is 1. The van der Waals surface area contributed by atoms with Crippen molar-refractivity contribution in [3.8, 4) is 23.0 Å². The van der Waals surface area contributed by atoms with Crippen molar-refractivity contribution in [3.05, 3.63) is 82.9 Å². The molecule has 8 nitrogen and oxygen atoms in total. The van der Waals surface area contributed by atoms with Gasteiger partial charge in [-0.25, -0.2) is 0 Å². The molecule has 1 aliphatic rings. The van der Waals surface area contributed by atoms with E-state index in [2.05, 4.69) is 13.8 Å². The van der Waals surface area contributed by atoms with Crippen LogP contribution in [-0.2, 0) is 0 Å². The van der Waals surface area contributed by atoms with E-state index < -0.39 is 0 Å². The summed E-state index contributed by atoms with van der Waals surface area (Å²) in [5, 5.41) is 0. The molecule has 2 amide bonds. The van der Waals surface area contributed by atoms with Gasteiger partial charge in [-0.05, 0) is 60.4 Å². The highest BCUT2D eigenvalue weighted by Crippen LogP contribution is 2.38. The zero-order valence-corrected chi connectivity index (χ0v) is 25.6. The predicted molar refractivity (Wildman–Crippen MR) is 165 cm³/mol. The largest absolute Gasteiger partial charge is 0.493 e. The summed E-state index contributed by atoms with van der Waals surface area (Å²) in [4.78, 5) is 27.2. The summed E-state index contributed by atoms with van der Waals surface area (Å²) in [6.07, 6.45) is 5.92. The normalized spacial score (nSPS) is 13.5. The summed E-state index contributed by atoms with van der Waals surface area (Å²) in [5.41, 5.74) is 9.01. The molecule has 1 heterocycles. The molecule has 2 unspecified atom stereocenters. The molecule has 3 aromatic rings. The first-order chi connectivity index (χ1) is 20.3. The Morgan fingerprint density at radius 3 is 1.57 bits per heavy atom. The lowest BCUT2D eigenvalue weighted by atomic mass is 9.99. The lowest BCUT2D eigenvalue weighted by Crippen LogP contribution is -2.34. The summed E-state index contributed by atoms with van der Waals surface area (Å²) < 4.78 is 21.1. The summed E-state index contributed by atoms with van der Waals surface area (Å²) in [7, 11) is 6.43. The summed E-state index contributed by atoms with van der Waals surface area (Å²) >= 11 is 0. The van der Waals surface area contributed by atoms with Crippen molar-refractivity contribution < 1.29 is 28.5 Å². The van der Waals surface area contributed by atoms with E-state index in [1.807, 2.05) is 36.4 Å². The molecule has 2 atom stereocenters.